The minimum Gasteiger partial charge on any atom is -0.366 e. The number of aryl methyl sites for hydroxylation is 2. The quantitative estimate of drug-likeness (QED) is 0.503. The zero-order chi connectivity index (χ0) is 20.2. The third-order valence-corrected chi connectivity index (χ3v) is 4.99. The molecule has 27 heavy (non-hydrogen) atoms. The van der Waals surface area contributed by atoms with Crippen molar-refractivity contribution in [2.75, 3.05) is 0 Å². The van der Waals surface area contributed by atoms with E-state index in [9.17, 15) is 0 Å². The number of hydrogen-bond acceptors (Lipinski definition) is 1. The van der Waals surface area contributed by atoms with Gasteiger partial charge in [0.05, 0.1) is 12.2 Å². The van der Waals surface area contributed by atoms with Crippen LogP contribution in [0.3, 0.4) is 0 Å². The fraction of sp³-hybridized carbons (Fsp3) is 0.538. The molecule has 0 amide bonds. The maximum atomic E-state index is 6.94. The van der Waals surface area contributed by atoms with Gasteiger partial charge in [0.2, 0.25) is 0 Å². The Morgan fingerprint density at radius 1 is 0.630 bits per heavy atom. The summed E-state index contributed by atoms with van der Waals surface area (Å²) in [5.41, 5.74) is 5.66. The molecule has 0 aliphatic carbocycles. The molecule has 0 radical (unpaired) electrons. The monoisotopic (exact) mass is 366 g/mol. The van der Waals surface area contributed by atoms with E-state index in [0.717, 1.165) is 12.8 Å². The van der Waals surface area contributed by atoms with Gasteiger partial charge >= 0.3 is 0 Å². The Morgan fingerprint density at radius 3 is 1.26 bits per heavy atom. The predicted octanol–water partition coefficient (Wildman–Crippen LogP) is 7.97. The van der Waals surface area contributed by atoms with E-state index in [1.54, 1.807) is 0 Å². The van der Waals surface area contributed by atoms with E-state index in [0.29, 0.717) is 0 Å². The van der Waals surface area contributed by atoms with Crippen molar-refractivity contribution < 1.29 is 4.74 Å². The zero-order valence-corrected chi connectivity index (χ0v) is 18.6. The van der Waals surface area contributed by atoms with Crippen molar-refractivity contribution in [2.24, 2.45) is 10.8 Å². The molecule has 0 saturated carbocycles. The van der Waals surface area contributed by atoms with Crippen LogP contribution in [0, 0.1) is 24.7 Å². The Morgan fingerprint density at radius 2 is 0.963 bits per heavy atom. The van der Waals surface area contributed by atoms with Crippen LogP contribution in [-0.4, -0.2) is 0 Å². The van der Waals surface area contributed by atoms with E-state index in [1.165, 1.54) is 22.3 Å². The molecule has 2 atom stereocenters. The van der Waals surface area contributed by atoms with Gasteiger partial charge in [0.15, 0.2) is 0 Å². The summed E-state index contributed by atoms with van der Waals surface area (Å²) < 4.78 is 6.94. The number of ether oxygens (including phenoxy) is 1. The summed E-state index contributed by atoms with van der Waals surface area (Å²) >= 11 is 0. The largest absolute Gasteiger partial charge is 0.366 e. The van der Waals surface area contributed by atoms with Crippen molar-refractivity contribution >= 4 is 0 Å². The highest BCUT2D eigenvalue weighted by Crippen LogP contribution is 2.41. The van der Waals surface area contributed by atoms with E-state index >= 15 is 0 Å². The third-order valence-electron chi connectivity index (χ3n) is 4.99. The van der Waals surface area contributed by atoms with Crippen LogP contribution in [0.15, 0.2) is 48.5 Å². The highest BCUT2D eigenvalue weighted by Gasteiger charge is 2.29. The van der Waals surface area contributed by atoms with Crippen LogP contribution in [0.1, 0.15) is 88.8 Å². The number of benzene rings is 2. The van der Waals surface area contributed by atoms with Gasteiger partial charge in [-0.15, -0.1) is 0 Å². The van der Waals surface area contributed by atoms with Gasteiger partial charge in [-0.05, 0) is 59.8 Å². The average molecular weight is 367 g/mol. The van der Waals surface area contributed by atoms with E-state index in [-0.39, 0.29) is 23.0 Å². The normalized spacial score (nSPS) is 14.8. The van der Waals surface area contributed by atoms with Gasteiger partial charge < -0.3 is 4.74 Å². The van der Waals surface area contributed by atoms with Crippen LogP contribution in [0.2, 0.25) is 0 Å². The molecule has 148 valence electrons. The maximum absolute atomic E-state index is 6.94. The fourth-order valence-corrected chi connectivity index (χ4v) is 3.67. The van der Waals surface area contributed by atoms with E-state index in [2.05, 4.69) is 104 Å². The minimum atomic E-state index is 0.0955. The van der Waals surface area contributed by atoms with Crippen LogP contribution >= 0.6 is 0 Å². The Bertz CT molecular complexity index is 667. The number of rotatable bonds is 6. The molecule has 2 aromatic carbocycles. The molecule has 0 aliphatic rings. The van der Waals surface area contributed by atoms with Gasteiger partial charge in [0, 0.05) is 0 Å². The molecule has 2 aromatic rings. The highest BCUT2D eigenvalue weighted by atomic mass is 16.5. The lowest BCUT2D eigenvalue weighted by atomic mass is 9.83. The van der Waals surface area contributed by atoms with Crippen molar-refractivity contribution in [1.29, 1.82) is 0 Å². The summed E-state index contributed by atoms with van der Waals surface area (Å²) in [4.78, 5) is 0. The van der Waals surface area contributed by atoms with Crippen LogP contribution in [-0.2, 0) is 4.74 Å². The Kier molecular flexibility index (Phi) is 6.92. The highest BCUT2D eigenvalue weighted by molar-refractivity contribution is 5.30. The lowest BCUT2D eigenvalue weighted by Crippen LogP contribution is -2.21. The van der Waals surface area contributed by atoms with Crippen molar-refractivity contribution in [3.8, 4) is 0 Å². The van der Waals surface area contributed by atoms with Crippen LogP contribution in [0.5, 0.6) is 0 Å². The third kappa shape index (κ3) is 6.81. The van der Waals surface area contributed by atoms with Crippen LogP contribution < -0.4 is 0 Å². The van der Waals surface area contributed by atoms with Crippen molar-refractivity contribution in [2.45, 2.75) is 80.4 Å². The van der Waals surface area contributed by atoms with Crippen molar-refractivity contribution in [1.82, 2.24) is 0 Å². The maximum Gasteiger partial charge on any atom is 0.0840 e. The molecule has 1 nitrogen and oxygen atoms in total. The first-order chi connectivity index (χ1) is 12.5. The Hall–Kier alpha value is -1.60. The lowest BCUT2D eigenvalue weighted by molar-refractivity contribution is -0.0517. The standard InChI is InChI=1S/C26H38O/c1-19-13-9-11-15-21(19)23(17-25(3,4)5)27-24(18-26(6,7)8)22-16-12-10-14-20(22)2/h9-16,23-24H,17-18H2,1-8H3. The minimum absolute atomic E-state index is 0.0955. The number of hydrogen-bond donors (Lipinski definition) is 0. The van der Waals surface area contributed by atoms with Gasteiger partial charge in [-0.2, -0.15) is 0 Å². The molecular formula is C26H38O. The molecule has 0 bridgehead atoms. The van der Waals surface area contributed by atoms with E-state index in [4.69, 9.17) is 4.74 Å². The molecule has 2 rings (SSSR count). The molecule has 0 aliphatic heterocycles. The first-order valence-corrected chi connectivity index (χ1v) is 10.2. The van der Waals surface area contributed by atoms with Gasteiger partial charge in [-0.25, -0.2) is 0 Å². The van der Waals surface area contributed by atoms with E-state index in [1.807, 2.05) is 0 Å². The molecule has 1 heteroatoms. The van der Waals surface area contributed by atoms with Crippen molar-refractivity contribution in [3.63, 3.8) is 0 Å². The molecular weight excluding hydrogens is 328 g/mol. The SMILES string of the molecule is Cc1ccccc1C(CC(C)(C)C)OC(CC(C)(C)C)c1ccccc1C. The van der Waals surface area contributed by atoms with Crippen LogP contribution in [0.4, 0.5) is 0 Å². The van der Waals surface area contributed by atoms with E-state index < -0.39 is 0 Å². The summed E-state index contributed by atoms with van der Waals surface area (Å²) in [6.45, 7) is 18.2. The summed E-state index contributed by atoms with van der Waals surface area (Å²) in [5, 5.41) is 0. The second kappa shape index (κ2) is 8.61. The first kappa shape index (κ1) is 21.7. The molecule has 0 spiro atoms. The zero-order valence-electron chi connectivity index (χ0n) is 18.6. The molecule has 0 saturated heterocycles. The Balaban J connectivity index is 2.43. The van der Waals surface area contributed by atoms with Gasteiger partial charge in [0.1, 0.15) is 0 Å². The summed E-state index contributed by atoms with van der Waals surface area (Å²) in [5.74, 6) is 0. The first-order valence-electron chi connectivity index (χ1n) is 10.2. The summed E-state index contributed by atoms with van der Waals surface area (Å²) in [6.07, 6.45) is 2.20. The average Bonchev–Trinajstić information content (AvgIpc) is 2.52. The van der Waals surface area contributed by atoms with Crippen LogP contribution in [0.25, 0.3) is 0 Å². The molecule has 0 heterocycles. The molecule has 2 unspecified atom stereocenters. The molecule has 0 aromatic heterocycles. The summed E-state index contributed by atoms with van der Waals surface area (Å²) in [7, 11) is 0. The lowest BCUT2D eigenvalue weighted by Gasteiger charge is -2.34. The smallest absolute Gasteiger partial charge is 0.0840 e. The summed E-state index contributed by atoms with van der Waals surface area (Å²) in [6, 6.07) is 17.3. The second-order valence-corrected chi connectivity index (χ2v) is 10.4. The molecule has 0 fully saturated rings. The van der Waals surface area contributed by atoms with Gasteiger partial charge in [-0.1, -0.05) is 90.1 Å². The van der Waals surface area contributed by atoms with Gasteiger partial charge in [-0.3, -0.25) is 0 Å². The fourth-order valence-electron chi connectivity index (χ4n) is 3.67. The van der Waals surface area contributed by atoms with Crippen molar-refractivity contribution in [3.05, 3.63) is 70.8 Å². The predicted molar refractivity (Wildman–Crippen MR) is 117 cm³/mol. The second-order valence-electron chi connectivity index (χ2n) is 10.4. The van der Waals surface area contributed by atoms with Gasteiger partial charge in [0.25, 0.3) is 0 Å². The Labute approximate surface area is 167 Å². The topological polar surface area (TPSA) is 9.23 Å². The molecule has 0 N–H and O–H groups in total.